The molecular formula is C21H17N3O3S2. The summed E-state index contributed by atoms with van der Waals surface area (Å²) < 4.78 is 1.81. The highest BCUT2D eigenvalue weighted by Gasteiger charge is 2.25. The van der Waals surface area contributed by atoms with Crippen LogP contribution in [-0.4, -0.2) is 15.7 Å². The Hall–Kier alpha value is -3.02. The van der Waals surface area contributed by atoms with Crippen molar-refractivity contribution in [1.82, 2.24) is 4.98 Å². The molecule has 0 N–H and O–H groups in total. The molecule has 8 heteroatoms. The molecule has 0 spiro atoms. The highest BCUT2D eigenvalue weighted by atomic mass is 32.2. The lowest BCUT2D eigenvalue weighted by atomic mass is 9.86. The number of Topliss-reactive ketones (excluding diaryl/α,β-unsaturated/α-hetero) is 1. The molecule has 0 aliphatic carbocycles. The van der Waals surface area contributed by atoms with Gasteiger partial charge in [-0.3, -0.25) is 14.9 Å². The second-order valence-electron chi connectivity index (χ2n) is 7.28. The zero-order valence-corrected chi connectivity index (χ0v) is 17.6. The molecule has 0 fully saturated rings. The number of non-ortho nitro benzene ring substituents is 1. The van der Waals surface area contributed by atoms with Crippen LogP contribution in [0.5, 0.6) is 0 Å². The third-order valence-electron chi connectivity index (χ3n) is 4.02. The van der Waals surface area contributed by atoms with Crippen LogP contribution in [-0.2, 0) is 4.79 Å². The molecule has 1 heterocycles. The van der Waals surface area contributed by atoms with E-state index in [0.717, 1.165) is 14.6 Å². The molecule has 3 aromatic rings. The highest BCUT2D eigenvalue weighted by Crippen LogP contribution is 2.38. The predicted molar refractivity (Wildman–Crippen MR) is 115 cm³/mol. The van der Waals surface area contributed by atoms with Crippen LogP contribution in [0.3, 0.4) is 0 Å². The van der Waals surface area contributed by atoms with Gasteiger partial charge in [0.25, 0.3) is 5.69 Å². The van der Waals surface area contributed by atoms with E-state index < -0.39 is 10.3 Å². The van der Waals surface area contributed by atoms with Crippen LogP contribution in [0.2, 0.25) is 0 Å². The lowest BCUT2D eigenvalue weighted by Crippen LogP contribution is -2.21. The lowest BCUT2D eigenvalue weighted by Gasteiger charge is -2.15. The topological polar surface area (TPSA) is 96.9 Å². The Labute approximate surface area is 176 Å². The minimum atomic E-state index is -0.734. The maximum atomic E-state index is 12.6. The molecule has 0 radical (unpaired) electrons. The Morgan fingerprint density at radius 1 is 1.28 bits per heavy atom. The maximum Gasteiger partial charge on any atom is 0.270 e. The molecule has 1 aromatic heterocycles. The average molecular weight is 424 g/mol. The standard InChI is InChI=1S/C21H17N3O3S2/c1-21(2,3)19(25)14(12-22)10-13-11-15(24(26)27)8-9-17(13)28-20-23-16-6-4-5-7-18(16)29-20/h4-11H,1-3H3/b14-10+. The first-order valence-electron chi connectivity index (χ1n) is 8.67. The van der Waals surface area contributed by atoms with Crippen LogP contribution >= 0.6 is 23.1 Å². The van der Waals surface area contributed by atoms with Crippen molar-refractivity contribution < 1.29 is 9.72 Å². The van der Waals surface area contributed by atoms with Gasteiger partial charge in [-0.2, -0.15) is 5.26 Å². The second kappa shape index (κ2) is 8.15. The smallest absolute Gasteiger partial charge is 0.270 e. The summed E-state index contributed by atoms with van der Waals surface area (Å²) in [5.41, 5.74) is 0.439. The number of rotatable bonds is 5. The highest BCUT2D eigenvalue weighted by molar-refractivity contribution is 8.01. The van der Waals surface area contributed by atoms with Crippen molar-refractivity contribution in [1.29, 1.82) is 5.26 Å². The van der Waals surface area contributed by atoms with Gasteiger partial charge in [-0.15, -0.1) is 11.3 Å². The number of carbonyl (C=O) groups is 1. The van der Waals surface area contributed by atoms with Crippen LogP contribution in [0.1, 0.15) is 26.3 Å². The van der Waals surface area contributed by atoms with Crippen LogP contribution in [0.4, 0.5) is 5.69 Å². The zero-order chi connectivity index (χ0) is 21.2. The minimum absolute atomic E-state index is 0.0378. The number of fused-ring (bicyclic) bond motifs is 1. The molecule has 0 unspecified atom stereocenters. The molecule has 29 heavy (non-hydrogen) atoms. The molecule has 2 aromatic carbocycles. The van der Waals surface area contributed by atoms with Gasteiger partial charge in [-0.1, -0.05) is 44.7 Å². The van der Waals surface area contributed by atoms with Crippen LogP contribution in [0, 0.1) is 26.9 Å². The maximum absolute atomic E-state index is 12.6. The van der Waals surface area contributed by atoms with E-state index in [1.54, 1.807) is 26.8 Å². The molecule has 0 bridgehead atoms. The van der Waals surface area contributed by atoms with Crippen molar-refractivity contribution in [3.8, 4) is 6.07 Å². The van der Waals surface area contributed by atoms with Crippen LogP contribution in [0.15, 0.2) is 57.3 Å². The third-order valence-corrected chi connectivity index (χ3v) is 6.21. The number of allylic oxidation sites excluding steroid dienone is 1. The van der Waals surface area contributed by atoms with Gasteiger partial charge in [-0.25, -0.2) is 4.98 Å². The second-order valence-corrected chi connectivity index (χ2v) is 9.60. The van der Waals surface area contributed by atoms with Gasteiger partial charge in [0.05, 0.1) is 20.7 Å². The Morgan fingerprint density at radius 2 is 2.00 bits per heavy atom. The summed E-state index contributed by atoms with van der Waals surface area (Å²) in [4.78, 5) is 28.5. The van der Waals surface area contributed by atoms with Gasteiger partial charge >= 0.3 is 0 Å². The lowest BCUT2D eigenvalue weighted by molar-refractivity contribution is -0.384. The summed E-state index contributed by atoms with van der Waals surface area (Å²) >= 11 is 2.86. The Balaban J connectivity index is 2.07. The molecule has 3 rings (SSSR count). The van der Waals surface area contributed by atoms with Gasteiger partial charge in [0.1, 0.15) is 6.07 Å². The number of para-hydroxylation sites is 1. The van der Waals surface area contributed by atoms with E-state index in [9.17, 15) is 20.2 Å². The van der Waals surface area contributed by atoms with E-state index in [0.29, 0.717) is 10.5 Å². The van der Waals surface area contributed by atoms with E-state index >= 15 is 0 Å². The van der Waals surface area contributed by atoms with Gasteiger partial charge in [-0.05, 0) is 29.8 Å². The summed E-state index contributed by atoms with van der Waals surface area (Å²) in [6.07, 6.45) is 1.43. The SMILES string of the molecule is CC(C)(C)C(=O)/C(C#N)=C/c1cc([N+](=O)[O-])ccc1Sc1nc2ccccc2s1. The van der Waals surface area contributed by atoms with E-state index in [4.69, 9.17) is 0 Å². The number of nitro benzene ring substituents is 1. The fourth-order valence-corrected chi connectivity index (χ4v) is 4.66. The van der Waals surface area contributed by atoms with Gasteiger partial charge in [0.2, 0.25) is 0 Å². The normalized spacial score (nSPS) is 12.0. The Kier molecular flexibility index (Phi) is 5.82. The molecule has 0 aliphatic rings. The predicted octanol–water partition coefficient (Wildman–Crippen LogP) is 5.88. The first-order chi connectivity index (χ1) is 13.7. The van der Waals surface area contributed by atoms with E-state index in [1.807, 2.05) is 30.3 Å². The number of nitriles is 1. The van der Waals surface area contributed by atoms with Crippen molar-refractivity contribution in [3.05, 3.63) is 63.7 Å². The minimum Gasteiger partial charge on any atom is -0.293 e. The molecule has 0 saturated heterocycles. The molecule has 0 amide bonds. The molecule has 0 atom stereocenters. The number of thiazole rings is 1. The number of hydrogen-bond donors (Lipinski definition) is 0. The molecular weight excluding hydrogens is 406 g/mol. The van der Waals surface area contributed by atoms with Crippen molar-refractivity contribution in [3.63, 3.8) is 0 Å². The Morgan fingerprint density at radius 3 is 2.62 bits per heavy atom. The number of ketones is 1. The molecule has 6 nitrogen and oxygen atoms in total. The van der Waals surface area contributed by atoms with E-state index in [2.05, 4.69) is 4.98 Å². The quantitative estimate of drug-likeness (QED) is 0.220. The van der Waals surface area contributed by atoms with E-state index in [-0.39, 0.29) is 17.0 Å². The monoisotopic (exact) mass is 423 g/mol. The molecule has 146 valence electrons. The number of aromatic nitrogens is 1. The van der Waals surface area contributed by atoms with Crippen molar-refractivity contribution in [2.24, 2.45) is 5.41 Å². The summed E-state index contributed by atoms with van der Waals surface area (Å²) in [7, 11) is 0. The summed E-state index contributed by atoms with van der Waals surface area (Å²) in [5.74, 6) is -0.317. The largest absolute Gasteiger partial charge is 0.293 e. The number of nitrogens with zero attached hydrogens (tertiary/aromatic N) is 3. The van der Waals surface area contributed by atoms with E-state index in [1.165, 1.54) is 41.3 Å². The first-order valence-corrected chi connectivity index (χ1v) is 10.3. The van der Waals surface area contributed by atoms with Gasteiger partial charge < -0.3 is 0 Å². The van der Waals surface area contributed by atoms with Gasteiger partial charge in [0.15, 0.2) is 10.1 Å². The van der Waals surface area contributed by atoms with Crippen LogP contribution in [0.25, 0.3) is 16.3 Å². The number of nitro groups is 1. The van der Waals surface area contributed by atoms with Crippen molar-refractivity contribution in [2.75, 3.05) is 0 Å². The number of benzene rings is 2. The van der Waals surface area contributed by atoms with Crippen molar-refractivity contribution in [2.45, 2.75) is 30.0 Å². The molecule has 0 aliphatic heterocycles. The van der Waals surface area contributed by atoms with Crippen molar-refractivity contribution >= 4 is 50.9 Å². The number of hydrogen-bond acceptors (Lipinski definition) is 7. The zero-order valence-electron chi connectivity index (χ0n) is 16.0. The Bertz CT molecular complexity index is 1150. The molecule has 0 saturated carbocycles. The fraction of sp³-hybridized carbons (Fsp3) is 0.190. The summed E-state index contributed by atoms with van der Waals surface area (Å²) in [5, 5.41) is 20.7. The van der Waals surface area contributed by atoms with Crippen LogP contribution < -0.4 is 0 Å². The third kappa shape index (κ3) is 4.70. The summed E-state index contributed by atoms with van der Waals surface area (Å²) in [6.45, 7) is 5.18. The first kappa shape index (κ1) is 20.7. The fourth-order valence-electron chi connectivity index (χ4n) is 2.55. The van der Waals surface area contributed by atoms with Gasteiger partial charge in [0, 0.05) is 22.4 Å². The number of carbonyl (C=O) groups excluding carboxylic acids is 1. The summed E-state index contributed by atoms with van der Waals surface area (Å²) in [6, 6.07) is 14.1. The average Bonchev–Trinajstić information content (AvgIpc) is 3.08.